The van der Waals surface area contributed by atoms with E-state index >= 15 is 0 Å². The minimum atomic E-state index is 0.194. The Bertz CT molecular complexity index is 77.3. The maximum atomic E-state index is 5.05. The van der Waals surface area contributed by atoms with Crippen LogP contribution in [0.25, 0.3) is 0 Å². The molecule has 8 heavy (non-hydrogen) atoms. The Kier molecular flexibility index (Phi) is 1.18. The van der Waals surface area contributed by atoms with Crippen LogP contribution in [0.1, 0.15) is 0 Å². The van der Waals surface area contributed by atoms with Crippen LogP contribution in [0.4, 0.5) is 0 Å². The fourth-order valence-electron chi connectivity index (χ4n) is 0.818. The van der Waals surface area contributed by atoms with Crippen LogP contribution in [-0.2, 0) is 13.1 Å². The van der Waals surface area contributed by atoms with E-state index in [-0.39, 0.29) is 12.2 Å². The van der Waals surface area contributed by atoms with Gasteiger partial charge in [-0.2, -0.15) is 0 Å². The minimum absolute atomic E-state index is 0.194. The zero-order valence-electron chi connectivity index (χ0n) is 4.20. The molecule has 46 valence electrons. The first kappa shape index (κ1) is 5.05. The molecule has 0 aliphatic carbocycles. The molecular formula is C4H6O3S. The van der Waals surface area contributed by atoms with Gasteiger partial charge in [-0.05, 0) is 0 Å². The molecule has 2 atom stereocenters. The van der Waals surface area contributed by atoms with Crippen LogP contribution in [0.15, 0.2) is 0 Å². The molecular weight excluding hydrogens is 128 g/mol. The molecule has 0 aromatic heterocycles. The highest BCUT2D eigenvalue weighted by Crippen LogP contribution is 2.29. The maximum Gasteiger partial charge on any atom is 0.159 e. The molecule has 2 aliphatic heterocycles. The third kappa shape index (κ3) is 0.647. The van der Waals surface area contributed by atoms with E-state index in [1.807, 2.05) is 0 Å². The molecule has 2 unspecified atom stereocenters. The summed E-state index contributed by atoms with van der Waals surface area (Å²) in [7, 11) is 0. The molecule has 0 saturated carbocycles. The van der Waals surface area contributed by atoms with Crippen molar-refractivity contribution in [2.45, 2.75) is 12.2 Å². The summed E-state index contributed by atoms with van der Waals surface area (Å²) >= 11 is 1.09. The van der Waals surface area contributed by atoms with Gasteiger partial charge < -0.3 is 4.74 Å². The van der Waals surface area contributed by atoms with Gasteiger partial charge in [-0.1, -0.05) is 0 Å². The van der Waals surface area contributed by atoms with Crippen molar-refractivity contribution in [3.05, 3.63) is 0 Å². The SMILES string of the molecule is C1OCC2OSOC12. The summed E-state index contributed by atoms with van der Waals surface area (Å²) < 4.78 is 15.1. The second-order valence-corrected chi connectivity index (χ2v) is 2.40. The third-order valence-electron chi connectivity index (χ3n) is 1.30. The zero-order chi connectivity index (χ0) is 5.40. The number of hydrogen-bond acceptors (Lipinski definition) is 4. The molecule has 2 rings (SSSR count). The summed E-state index contributed by atoms with van der Waals surface area (Å²) in [5.41, 5.74) is 0. The van der Waals surface area contributed by atoms with Crippen LogP contribution < -0.4 is 0 Å². The van der Waals surface area contributed by atoms with E-state index in [0.717, 1.165) is 12.3 Å². The minimum Gasteiger partial charge on any atom is -0.376 e. The number of ether oxygens (including phenoxy) is 1. The number of fused-ring (bicyclic) bond motifs is 1. The van der Waals surface area contributed by atoms with Crippen LogP contribution >= 0.6 is 12.3 Å². The van der Waals surface area contributed by atoms with Crippen molar-refractivity contribution in [1.82, 2.24) is 0 Å². The molecule has 2 heterocycles. The lowest BCUT2D eigenvalue weighted by Crippen LogP contribution is -2.18. The predicted molar refractivity (Wildman–Crippen MR) is 28.2 cm³/mol. The number of rotatable bonds is 0. The van der Waals surface area contributed by atoms with Crippen molar-refractivity contribution < 1.29 is 13.1 Å². The van der Waals surface area contributed by atoms with Gasteiger partial charge in [-0.15, -0.1) is 0 Å². The van der Waals surface area contributed by atoms with Crippen LogP contribution in [0, 0.1) is 0 Å². The van der Waals surface area contributed by atoms with E-state index in [2.05, 4.69) is 0 Å². The highest BCUT2D eigenvalue weighted by Gasteiger charge is 2.36. The highest BCUT2D eigenvalue weighted by molar-refractivity contribution is 7.90. The molecule has 0 N–H and O–H groups in total. The molecule has 2 saturated heterocycles. The van der Waals surface area contributed by atoms with Gasteiger partial charge in [-0.3, -0.25) is 8.37 Å². The molecule has 0 aromatic rings. The predicted octanol–water partition coefficient (Wildman–Crippen LogP) is 0.364. The normalized spacial score (nSPS) is 45.0. The molecule has 0 bridgehead atoms. The Hall–Kier alpha value is 0.230. The van der Waals surface area contributed by atoms with Gasteiger partial charge in [0, 0.05) is 0 Å². The van der Waals surface area contributed by atoms with E-state index in [9.17, 15) is 0 Å². The topological polar surface area (TPSA) is 27.7 Å². The molecule has 2 aliphatic rings. The molecule has 3 nitrogen and oxygen atoms in total. The Morgan fingerprint density at radius 3 is 2.38 bits per heavy atom. The second kappa shape index (κ2) is 1.88. The number of hydrogen-bond donors (Lipinski definition) is 0. The summed E-state index contributed by atoms with van der Waals surface area (Å²) in [6.07, 6.45) is 0.389. The average molecular weight is 134 g/mol. The molecule has 0 amide bonds. The van der Waals surface area contributed by atoms with E-state index in [1.165, 1.54) is 0 Å². The van der Waals surface area contributed by atoms with Gasteiger partial charge in [0.25, 0.3) is 0 Å². The Balaban J connectivity index is 2.04. The van der Waals surface area contributed by atoms with E-state index in [1.54, 1.807) is 0 Å². The van der Waals surface area contributed by atoms with Gasteiger partial charge in [0.15, 0.2) is 12.3 Å². The van der Waals surface area contributed by atoms with E-state index in [0.29, 0.717) is 13.2 Å². The Morgan fingerprint density at radius 2 is 1.75 bits per heavy atom. The quantitative estimate of drug-likeness (QED) is 0.447. The van der Waals surface area contributed by atoms with Gasteiger partial charge >= 0.3 is 0 Å². The third-order valence-corrected chi connectivity index (χ3v) is 1.96. The van der Waals surface area contributed by atoms with Crippen molar-refractivity contribution in [1.29, 1.82) is 0 Å². The van der Waals surface area contributed by atoms with Crippen LogP contribution in [0.2, 0.25) is 0 Å². The van der Waals surface area contributed by atoms with E-state index in [4.69, 9.17) is 13.1 Å². The lowest BCUT2D eigenvalue weighted by Gasteiger charge is -1.96. The van der Waals surface area contributed by atoms with Gasteiger partial charge in [0.05, 0.1) is 13.2 Å². The standard InChI is InChI=1S/C4H6O3S/c1-3-4(2-5-1)7-8-6-3/h3-4H,1-2H2. The molecule has 2 fully saturated rings. The molecule has 0 aromatic carbocycles. The second-order valence-electron chi connectivity index (χ2n) is 1.87. The summed E-state index contributed by atoms with van der Waals surface area (Å²) in [5, 5.41) is 0. The first-order chi connectivity index (χ1) is 3.97. The first-order valence-corrected chi connectivity index (χ1v) is 3.20. The van der Waals surface area contributed by atoms with Gasteiger partial charge in [0.1, 0.15) is 12.2 Å². The maximum absolute atomic E-state index is 5.05. The Morgan fingerprint density at radius 1 is 1.12 bits per heavy atom. The van der Waals surface area contributed by atoms with Gasteiger partial charge in [-0.25, -0.2) is 0 Å². The summed E-state index contributed by atoms with van der Waals surface area (Å²) in [4.78, 5) is 0. The fraction of sp³-hybridized carbons (Fsp3) is 1.00. The van der Waals surface area contributed by atoms with Crippen molar-refractivity contribution in [3.8, 4) is 0 Å². The molecule has 4 heteroatoms. The fourth-order valence-corrected chi connectivity index (χ4v) is 1.42. The highest BCUT2D eigenvalue weighted by atomic mass is 32.2. The van der Waals surface area contributed by atoms with Crippen molar-refractivity contribution in [3.63, 3.8) is 0 Å². The van der Waals surface area contributed by atoms with Crippen LogP contribution in [0.5, 0.6) is 0 Å². The largest absolute Gasteiger partial charge is 0.376 e. The molecule has 0 spiro atoms. The van der Waals surface area contributed by atoms with Crippen molar-refractivity contribution in [2.24, 2.45) is 0 Å². The smallest absolute Gasteiger partial charge is 0.159 e. The van der Waals surface area contributed by atoms with E-state index < -0.39 is 0 Å². The summed E-state index contributed by atoms with van der Waals surface area (Å²) in [6.45, 7) is 1.38. The van der Waals surface area contributed by atoms with Crippen molar-refractivity contribution >= 4 is 12.3 Å². The average Bonchev–Trinajstić information content (AvgIpc) is 2.15. The Labute approximate surface area is 51.7 Å². The summed E-state index contributed by atoms with van der Waals surface area (Å²) in [6, 6.07) is 0. The lowest BCUT2D eigenvalue weighted by molar-refractivity contribution is 0.146. The molecule has 0 radical (unpaired) electrons. The summed E-state index contributed by atoms with van der Waals surface area (Å²) in [5.74, 6) is 0. The van der Waals surface area contributed by atoms with Crippen molar-refractivity contribution in [2.75, 3.05) is 13.2 Å². The lowest BCUT2D eigenvalue weighted by atomic mass is 10.3. The first-order valence-electron chi connectivity index (χ1n) is 2.53. The van der Waals surface area contributed by atoms with Crippen LogP contribution in [0.3, 0.4) is 0 Å². The van der Waals surface area contributed by atoms with Crippen LogP contribution in [-0.4, -0.2) is 25.4 Å². The zero-order valence-corrected chi connectivity index (χ0v) is 5.02. The van der Waals surface area contributed by atoms with Gasteiger partial charge in [0.2, 0.25) is 0 Å². The monoisotopic (exact) mass is 134 g/mol.